The van der Waals surface area contributed by atoms with Gasteiger partial charge in [-0.15, -0.1) is 0 Å². The molecule has 0 saturated carbocycles. The second kappa shape index (κ2) is 10.3. The molecule has 0 unspecified atom stereocenters. The highest BCUT2D eigenvalue weighted by molar-refractivity contribution is 7.58. The highest BCUT2D eigenvalue weighted by Gasteiger charge is 2.20. The molecule has 0 atom stereocenters. The zero-order chi connectivity index (χ0) is 13.9. The molecule has 0 aliphatic rings. The summed E-state index contributed by atoms with van der Waals surface area (Å²) in [6.07, 6.45) is -0.136. The van der Waals surface area contributed by atoms with Crippen LogP contribution in [0.25, 0.3) is 0 Å². The summed E-state index contributed by atoms with van der Waals surface area (Å²) in [5.41, 5.74) is 4.50. The summed E-state index contributed by atoms with van der Waals surface area (Å²) in [6, 6.07) is 0. The molecule has 5 N–H and O–H groups in total. The second-order valence-electron chi connectivity index (χ2n) is 3.14. The van der Waals surface area contributed by atoms with E-state index in [2.05, 4.69) is 16.4 Å². The first kappa shape index (κ1) is 18.5. The summed E-state index contributed by atoms with van der Waals surface area (Å²) in [5, 5.41) is 4.73. The summed E-state index contributed by atoms with van der Waals surface area (Å²) in [4.78, 5) is 31.1. The van der Waals surface area contributed by atoms with Gasteiger partial charge in [-0.1, -0.05) is 0 Å². The second-order valence-corrected chi connectivity index (χ2v) is 5.73. The van der Waals surface area contributed by atoms with Gasteiger partial charge in [0.15, 0.2) is 0 Å². The van der Waals surface area contributed by atoms with Gasteiger partial charge in [-0.2, -0.15) is 0 Å². The van der Waals surface area contributed by atoms with E-state index >= 15 is 0 Å². The minimum atomic E-state index is -3.35. The summed E-state index contributed by atoms with van der Waals surface area (Å²) in [6.45, 7) is 0. The lowest BCUT2D eigenvalue weighted by Crippen LogP contribution is -2.20. The molecular weight excluding hydrogens is 245 g/mol. The summed E-state index contributed by atoms with van der Waals surface area (Å²) >= 11 is 0. The molecule has 0 aromatic heterocycles. The third-order valence-corrected chi connectivity index (χ3v) is 3.78. The maximum Gasteiger partial charge on any atom is 0.220 e. The summed E-state index contributed by atoms with van der Waals surface area (Å²) < 4.78 is 11.5. The average Bonchev–Trinajstić information content (AvgIpc) is 2.35. The highest BCUT2D eigenvalue weighted by Crippen LogP contribution is 2.41. The van der Waals surface area contributed by atoms with Gasteiger partial charge in [0.05, 0.1) is 0 Å². The average molecular weight is 267 g/mol. The molecule has 0 aromatic carbocycles. The Morgan fingerprint density at radius 1 is 1.06 bits per heavy atom. The highest BCUT2D eigenvalue weighted by atomic mass is 31.2. The Morgan fingerprint density at radius 2 is 1.35 bits per heavy atom. The summed E-state index contributed by atoms with van der Waals surface area (Å²) in [7, 11) is 1.09. The Balaban J connectivity index is 0. The van der Waals surface area contributed by atoms with Crippen molar-refractivity contribution in [1.29, 1.82) is 0 Å². The molecule has 0 rings (SSSR count). The molecule has 0 fully saturated rings. The van der Waals surface area contributed by atoms with Crippen LogP contribution in [-0.4, -0.2) is 50.2 Å². The number of nitrogens with two attached hydrogens (primary N) is 1. The van der Waals surface area contributed by atoms with Crippen molar-refractivity contribution in [2.45, 2.75) is 12.8 Å². The molecular formula is C9H22N3O4P. The Hall–Kier alpha value is -0.910. The van der Waals surface area contributed by atoms with Crippen LogP contribution in [0.3, 0.4) is 0 Å². The van der Waals surface area contributed by atoms with Crippen LogP contribution in [0, 0.1) is 0 Å². The Bertz CT molecular complexity index is 259. The van der Waals surface area contributed by atoms with Crippen molar-refractivity contribution in [1.82, 2.24) is 10.6 Å². The van der Waals surface area contributed by atoms with Gasteiger partial charge in [0, 0.05) is 39.3 Å². The Kier molecular flexibility index (Phi) is 11.1. The minimum absolute atomic E-state index is 0.0119. The number of nitrogens with one attached hydrogen (secondary N) is 2. The third-order valence-electron chi connectivity index (χ3n) is 1.93. The van der Waals surface area contributed by atoms with Gasteiger partial charge in [-0.05, 0) is 7.05 Å². The fourth-order valence-corrected chi connectivity index (χ4v) is 2.24. The van der Waals surface area contributed by atoms with Crippen molar-refractivity contribution in [3.63, 3.8) is 0 Å². The molecule has 0 spiro atoms. The predicted molar refractivity (Wildman–Crippen MR) is 67.0 cm³/mol. The predicted octanol–water partition coefficient (Wildman–Crippen LogP) is -0.896. The van der Waals surface area contributed by atoms with E-state index in [0.29, 0.717) is 0 Å². The molecule has 0 saturated heterocycles. The monoisotopic (exact) mass is 267 g/mol. The topological polar surface area (TPSA) is 122 Å². The molecule has 0 aromatic rings. The van der Waals surface area contributed by atoms with Crippen molar-refractivity contribution in [2.24, 2.45) is 5.73 Å². The number of rotatable bonds is 6. The maximum absolute atomic E-state index is 11.5. The molecule has 102 valence electrons. The lowest BCUT2D eigenvalue weighted by Gasteiger charge is -2.10. The van der Waals surface area contributed by atoms with Gasteiger partial charge < -0.3 is 21.3 Å². The van der Waals surface area contributed by atoms with Crippen LogP contribution in [0.15, 0.2) is 0 Å². The van der Waals surface area contributed by atoms with Gasteiger partial charge in [-0.3, -0.25) is 14.2 Å². The first-order valence-corrected chi connectivity index (χ1v) is 7.24. The number of hydrogen-bond acceptors (Lipinski definition) is 4. The van der Waals surface area contributed by atoms with E-state index in [0.717, 1.165) is 0 Å². The van der Waals surface area contributed by atoms with E-state index in [9.17, 15) is 19.0 Å². The normalized spacial score (nSPS) is 9.94. The largest absolute Gasteiger partial charge is 0.359 e. The van der Waals surface area contributed by atoms with Crippen molar-refractivity contribution in [2.75, 3.05) is 33.5 Å². The van der Waals surface area contributed by atoms with Crippen LogP contribution in [-0.2, 0) is 14.2 Å². The maximum atomic E-state index is 11.5. The summed E-state index contributed by atoms with van der Waals surface area (Å²) in [5.74, 6) is -0.548. The van der Waals surface area contributed by atoms with E-state index in [1.165, 1.54) is 21.1 Å². The van der Waals surface area contributed by atoms with E-state index in [1.807, 2.05) is 0 Å². The van der Waals surface area contributed by atoms with Gasteiger partial charge >= 0.3 is 0 Å². The molecule has 2 amide bonds. The molecule has 0 radical (unpaired) electrons. The molecule has 0 aliphatic carbocycles. The van der Waals surface area contributed by atoms with E-state index in [-0.39, 0.29) is 37.0 Å². The molecule has 8 heteroatoms. The van der Waals surface area contributed by atoms with Gasteiger partial charge in [0.2, 0.25) is 19.2 Å². The standard InChI is InChI=1S/C8H17N2O4P.CH5N/c1-9-7(11)3-5-15(13,14)6-4-8(12)10-2;1-2/h3-6H2,1-2H3,(H,9,11)(H,10,12)(H,13,14);2H2,1H3. The fraction of sp³-hybridized carbons (Fsp3) is 0.778. The van der Waals surface area contributed by atoms with Gasteiger partial charge in [0.1, 0.15) is 0 Å². The SMILES string of the molecule is CN.CNC(=O)CCP(=O)(O)CCC(=O)NC. The number of carbonyl (C=O) groups is 2. The van der Waals surface area contributed by atoms with Gasteiger partial charge in [0.25, 0.3) is 0 Å². The van der Waals surface area contributed by atoms with Crippen molar-refractivity contribution in [3.8, 4) is 0 Å². The van der Waals surface area contributed by atoms with E-state index in [1.54, 1.807) is 0 Å². The molecule has 0 aliphatic heterocycles. The van der Waals surface area contributed by atoms with Crippen LogP contribution in [0.5, 0.6) is 0 Å². The van der Waals surface area contributed by atoms with Crippen LogP contribution < -0.4 is 16.4 Å². The van der Waals surface area contributed by atoms with Gasteiger partial charge in [-0.25, -0.2) is 0 Å². The van der Waals surface area contributed by atoms with Crippen LogP contribution in [0.1, 0.15) is 12.8 Å². The lowest BCUT2D eigenvalue weighted by molar-refractivity contribution is -0.120. The smallest absolute Gasteiger partial charge is 0.220 e. The molecule has 0 bridgehead atoms. The van der Waals surface area contributed by atoms with Crippen molar-refractivity contribution >= 4 is 19.2 Å². The zero-order valence-electron chi connectivity index (χ0n) is 10.5. The Morgan fingerprint density at radius 3 is 1.59 bits per heavy atom. The molecule has 0 heterocycles. The van der Waals surface area contributed by atoms with Crippen molar-refractivity contribution in [3.05, 3.63) is 0 Å². The fourth-order valence-electron chi connectivity index (χ4n) is 0.914. The molecule has 17 heavy (non-hydrogen) atoms. The first-order chi connectivity index (χ1) is 7.91. The molecule has 7 nitrogen and oxygen atoms in total. The minimum Gasteiger partial charge on any atom is -0.359 e. The zero-order valence-corrected chi connectivity index (χ0v) is 11.4. The van der Waals surface area contributed by atoms with E-state index in [4.69, 9.17) is 0 Å². The first-order valence-electron chi connectivity index (χ1n) is 5.21. The van der Waals surface area contributed by atoms with Crippen LogP contribution in [0.4, 0.5) is 0 Å². The van der Waals surface area contributed by atoms with E-state index < -0.39 is 7.37 Å². The number of hydrogen-bond donors (Lipinski definition) is 4. The number of carbonyl (C=O) groups excluding carboxylic acids is 2. The lowest BCUT2D eigenvalue weighted by atomic mass is 10.4. The Labute approximate surface area is 102 Å². The number of amides is 2. The quantitative estimate of drug-likeness (QED) is 0.465. The van der Waals surface area contributed by atoms with Crippen LogP contribution >= 0.6 is 7.37 Å². The van der Waals surface area contributed by atoms with Crippen molar-refractivity contribution < 1.29 is 19.0 Å². The van der Waals surface area contributed by atoms with Crippen LogP contribution in [0.2, 0.25) is 0 Å². The third kappa shape index (κ3) is 11.4.